The maximum atomic E-state index is 11.8. The van der Waals surface area contributed by atoms with E-state index >= 15 is 0 Å². The zero-order valence-corrected chi connectivity index (χ0v) is 10.6. The van der Waals surface area contributed by atoms with Crippen molar-refractivity contribution in [3.63, 3.8) is 0 Å². The highest BCUT2D eigenvalue weighted by Gasteiger charge is 2.19. The van der Waals surface area contributed by atoms with Crippen molar-refractivity contribution in [2.24, 2.45) is 0 Å². The Labute approximate surface area is 111 Å². The van der Waals surface area contributed by atoms with Crippen LogP contribution in [0.1, 0.15) is 5.56 Å². The summed E-state index contributed by atoms with van der Waals surface area (Å²) < 4.78 is 4.81. The van der Waals surface area contributed by atoms with E-state index in [4.69, 9.17) is 4.74 Å². The van der Waals surface area contributed by atoms with Crippen molar-refractivity contribution in [1.29, 1.82) is 0 Å². The molecule has 0 saturated heterocycles. The Morgan fingerprint density at radius 1 is 1.32 bits per heavy atom. The maximum absolute atomic E-state index is 11.8. The lowest BCUT2D eigenvalue weighted by atomic mass is 10.1. The quantitative estimate of drug-likeness (QED) is 0.825. The van der Waals surface area contributed by atoms with Crippen LogP contribution in [0, 0.1) is 0 Å². The standard InChI is InChI=1S/C14H15N3O2/c1-19-14(18)12(9-11-5-3-2-4-6-11)17-13-10-15-7-8-16-13/h2-8,10,12H,9H2,1H3,(H,16,17)/t12-/m0/s1. The van der Waals surface area contributed by atoms with Gasteiger partial charge in [-0.2, -0.15) is 0 Å². The number of rotatable bonds is 5. The van der Waals surface area contributed by atoms with Crippen LogP contribution in [0.5, 0.6) is 0 Å². The topological polar surface area (TPSA) is 64.1 Å². The molecule has 0 fully saturated rings. The molecule has 0 saturated carbocycles. The molecule has 2 rings (SSSR count). The molecule has 5 nitrogen and oxygen atoms in total. The van der Waals surface area contributed by atoms with E-state index < -0.39 is 6.04 Å². The number of hydrogen-bond acceptors (Lipinski definition) is 5. The van der Waals surface area contributed by atoms with Gasteiger partial charge in [-0.15, -0.1) is 0 Å². The van der Waals surface area contributed by atoms with Gasteiger partial charge in [0, 0.05) is 18.8 Å². The van der Waals surface area contributed by atoms with E-state index in [9.17, 15) is 4.79 Å². The van der Waals surface area contributed by atoms with E-state index in [1.54, 1.807) is 18.6 Å². The third-order valence-corrected chi connectivity index (χ3v) is 2.65. The van der Waals surface area contributed by atoms with Gasteiger partial charge in [0.2, 0.25) is 0 Å². The van der Waals surface area contributed by atoms with Crippen molar-refractivity contribution in [2.45, 2.75) is 12.5 Å². The second-order valence-corrected chi connectivity index (χ2v) is 4.00. The molecule has 5 heteroatoms. The van der Waals surface area contributed by atoms with E-state index in [1.165, 1.54) is 7.11 Å². The fourth-order valence-electron chi connectivity index (χ4n) is 1.74. The number of carbonyl (C=O) groups is 1. The highest BCUT2D eigenvalue weighted by molar-refractivity contribution is 5.79. The molecule has 2 aromatic rings. The minimum absolute atomic E-state index is 0.325. The van der Waals surface area contributed by atoms with E-state index in [1.807, 2.05) is 30.3 Å². The molecule has 0 aliphatic carbocycles. The van der Waals surface area contributed by atoms with Crippen LogP contribution >= 0.6 is 0 Å². The van der Waals surface area contributed by atoms with Crippen molar-refractivity contribution in [2.75, 3.05) is 12.4 Å². The van der Waals surface area contributed by atoms with Gasteiger partial charge in [-0.05, 0) is 5.56 Å². The van der Waals surface area contributed by atoms with Crippen molar-refractivity contribution < 1.29 is 9.53 Å². The van der Waals surface area contributed by atoms with Gasteiger partial charge < -0.3 is 10.1 Å². The number of benzene rings is 1. The van der Waals surface area contributed by atoms with Crippen molar-refractivity contribution in [3.05, 3.63) is 54.5 Å². The van der Waals surface area contributed by atoms with E-state index in [0.29, 0.717) is 12.2 Å². The molecule has 1 heterocycles. The highest BCUT2D eigenvalue weighted by atomic mass is 16.5. The first-order valence-electron chi connectivity index (χ1n) is 5.94. The number of methoxy groups -OCH3 is 1. The summed E-state index contributed by atoms with van der Waals surface area (Å²) in [5.41, 5.74) is 1.05. The normalized spacial score (nSPS) is 11.6. The average molecular weight is 257 g/mol. The largest absolute Gasteiger partial charge is 0.467 e. The molecule has 19 heavy (non-hydrogen) atoms. The summed E-state index contributed by atoms with van der Waals surface area (Å²) in [7, 11) is 1.37. The Bertz CT molecular complexity index is 475. The SMILES string of the molecule is COC(=O)[C@H](Cc1ccccc1)Nc1cnccn1. The molecule has 1 N–H and O–H groups in total. The van der Waals surface area contributed by atoms with Crippen LogP contribution in [-0.4, -0.2) is 29.1 Å². The van der Waals surface area contributed by atoms with E-state index in [-0.39, 0.29) is 5.97 Å². The predicted molar refractivity (Wildman–Crippen MR) is 71.6 cm³/mol. The van der Waals surface area contributed by atoms with Gasteiger partial charge >= 0.3 is 5.97 Å². The highest BCUT2D eigenvalue weighted by Crippen LogP contribution is 2.09. The molecule has 0 aliphatic rings. The summed E-state index contributed by atoms with van der Waals surface area (Å²) in [5, 5.41) is 3.03. The Morgan fingerprint density at radius 3 is 2.74 bits per heavy atom. The Kier molecular flexibility index (Phi) is 4.44. The van der Waals surface area contributed by atoms with Crippen molar-refractivity contribution in [1.82, 2.24) is 9.97 Å². The van der Waals surface area contributed by atoms with Crippen LogP contribution in [0.25, 0.3) is 0 Å². The number of aromatic nitrogens is 2. The number of nitrogens with zero attached hydrogens (tertiary/aromatic N) is 2. The first-order chi connectivity index (χ1) is 9.29. The Morgan fingerprint density at radius 2 is 2.11 bits per heavy atom. The first-order valence-corrected chi connectivity index (χ1v) is 5.94. The molecule has 0 aliphatic heterocycles. The summed E-state index contributed by atoms with van der Waals surface area (Å²) in [6.07, 6.45) is 5.25. The lowest BCUT2D eigenvalue weighted by molar-refractivity contribution is -0.141. The molecule has 0 bridgehead atoms. The number of esters is 1. The van der Waals surface area contributed by atoms with Gasteiger partial charge in [-0.1, -0.05) is 30.3 Å². The smallest absolute Gasteiger partial charge is 0.328 e. The first kappa shape index (κ1) is 13.0. The second kappa shape index (κ2) is 6.49. The zero-order chi connectivity index (χ0) is 13.5. The number of nitrogens with one attached hydrogen (secondary N) is 1. The summed E-state index contributed by atoms with van der Waals surface area (Å²) in [6, 6.07) is 9.26. The van der Waals surface area contributed by atoms with E-state index in [2.05, 4.69) is 15.3 Å². The maximum Gasteiger partial charge on any atom is 0.328 e. The lowest BCUT2D eigenvalue weighted by Gasteiger charge is -2.16. The summed E-state index contributed by atoms with van der Waals surface area (Å²) in [5.74, 6) is 0.225. The molecule has 0 spiro atoms. The van der Waals surface area contributed by atoms with Crippen LogP contribution in [0.3, 0.4) is 0 Å². The molecule has 98 valence electrons. The van der Waals surface area contributed by atoms with Crippen LogP contribution < -0.4 is 5.32 Å². The predicted octanol–water partition coefficient (Wildman–Crippen LogP) is 1.67. The molecule has 1 aromatic carbocycles. The van der Waals surface area contributed by atoms with Crippen LogP contribution in [0.2, 0.25) is 0 Å². The van der Waals surface area contributed by atoms with Gasteiger partial charge in [0.1, 0.15) is 11.9 Å². The second-order valence-electron chi connectivity index (χ2n) is 4.00. The van der Waals surface area contributed by atoms with Gasteiger partial charge in [-0.25, -0.2) is 9.78 Å². The van der Waals surface area contributed by atoms with Gasteiger partial charge in [0.05, 0.1) is 13.3 Å². The average Bonchev–Trinajstić information content (AvgIpc) is 2.48. The molecule has 1 atom stereocenters. The van der Waals surface area contributed by atoms with Crippen LogP contribution in [-0.2, 0) is 16.0 Å². The molecule has 0 unspecified atom stereocenters. The summed E-state index contributed by atoms with van der Waals surface area (Å²) in [6.45, 7) is 0. The lowest BCUT2D eigenvalue weighted by Crippen LogP contribution is -2.33. The minimum atomic E-state index is -0.482. The van der Waals surface area contributed by atoms with Crippen molar-refractivity contribution >= 4 is 11.8 Å². The fourth-order valence-corrected chi connectivity index (χ4v) is 1.74. The molecule has 0 radical (unpaired) electrons. The zero-order valence-electron chi connectivity index (χ0n) is 10.6. The number of anilines is 1. The molecule has 0 amide bonds. The van der Waals surface area contributed by atoms with Gasteiger partial charge in [0.25, 0.3) is 0 Å². The summed E-state index contributed by atoms with van der Waals surface area (Å²) >= 11 is 0. The van der Waals surface area contributed by atoms with Crippen LogP contribution in [0.4, 0.5) is 5.82 Å². The molecule has 1 aromatic heterocycles. The molecular formula is C14H15N3O2. The number of ether oxygens (including phenoxy) is 1. The number of carbonyl (C=O) groups excluding carboxylic acids is 1. The van der Waals surface area contributed by atoms with Gasteiger partial charge in [-0.3, -0.25) is 4.98 Å². The minimum Gasteiger partial charge on any atom is -0.467 e. The Hall–Kier alpha value is -2.43. The third-order valence-electron chi connectivity index (χ3n) is 2.65. The number of hydrogen-bond donors (Lipinski definition) is 1. The van der Waals surface area contributed by atoms with E-state index in [0.717, 1.165) is 5.56 Å². The third kappa shape index (κ3) is 3.77. The van der Waals surface area contributed by atoms with Gasteiger partial charge in [0.15, 0.2) is 0 Å². The molecular weight excluding hydrogens is 242 g/mol. The monoisotopic (exact) mass is 257 g/mol. The van der Waals surface area contributed by atoms with Crippen LogP contribution in [0.15, 0.2) is 48.9 Å². The van der Waals surface area contributed by atoms with Crippen molar-refractivity contribution in [3.8, 4) is 0 Å². The summed E-state index contributed by atoms with van der Waals surface area (Å²) in [4.78, 5) is 19.8. The Balaban J connectivity index is 2.10. The fraction of sp³-hybridized carbons (Fsp3) is 0.214.